The Morgan fingerprint density at radius 2 is 1.80 bits per heavy atom. The molecule has 0 radical (unpaired) electrons. The number of nitrogens with two attached hydrogens (primary N) is 1. The fourth-order valence-corrected chi connectivity index (χ4v) is 6.87. The van der Waals surface area contributed by atoms with Crippen molar-refractivity contribution < 1.29 is 43.7 Å². The summed E-state index contributed by atoms with van der Waals surface area (Å²) in [7, 11) is 4.50. The molecule has 208 valence electrons. The minimum absolute atomic E-state index is 0.0650. The standard InChI is InChI=1S/C29H28N2O9/c1-31(2)23-17-10-13-9-16-14(15-8-12(11-32)4-7-19(15)40-3)5-6-18(33)21(16)24(34)20(13)26(36)29(17,39)27(37)22(25(23)35)28(30)38/h4-8,11,13,17,20,22-23,33,39H,9-10H2,1-3H3,(H2,30,38)/t13-,17-,20?,22?,23-,29-/m1/s1. The van der Waals surface area contributed by atoms with E-state index in [9.17, 15) is 39.0 Å². The van der Waals surface area contributed by atoms with Gasteiger partial charge in [0.1, 0.15) is 17.8 Å². The molecule has 0 aromatic heterocycles. The van der Waals surface area contributed by atoms with Crippen LogP contribution in [-0.2, 0) is 25.6 Å². The fraction of sp³-hybridized carbons (Fsp3) is 0.379. The number of Topliss-reactive ketones (excluding diaryl/α,β-unsaturated/α-hetero) is 4. The molecule has 0 aliphatic heterocycles. The predicted octanol–water partition coefficient (Wildman–Crippen LogP) is 0.355. The molecule has 11 nitrogen and oxygen atoms in total. The molecule has 2 aromatic carbocycles. The van der Waals surface area contributed by atoms with Crippen LogP contribution >= 0.6 is 0 Å². The summed E-state index contributed by atoms with van der Waals surface area (Å²) >= 11 is 0. The number of likely N-dealkylation sites (N-methyl/N-ethyl adjacent to an activating group) is 1. The third kappa shape index (κ3) is 3.65. The molecule has 3 aliphatic carbocycles. The number of phenols is 1. The molecule has 4 N–H and O–H groups in total. The molecule has 0 heterocycles. The van der Waals surface area contributed by atoms with E-state index in [0.29, 0.717) is 34.3 Å². The van der Waals surface area contributed by atoms with Gasteiger partial charge in [-0.05, 0) is 68.2 Å². The van der Waals surface area contributed by atoms with Crippen LogP contribution in [0, 0.1) is 23.7 Å². The van der Waals surface area contributed by atoms with Crippen LogP contribution in [0.4, 0.5) is 0 Å². The van der Waals surface area contributed by atoms with E-state index in [-0.39, 0.29) is 24.2 Å². The number of fused-ring (bicyclic) bond motifs is 3. The number of primary amides is 1. The Hall–Kier alpha value is -4.22. The average molecular weight is 549 g/mol. The third-order valence-electron chi connectivity index (χ3n) is 8.59. The predicted molar refractivity (Wildman–Crippen MR) is 139 cm³/mol. The summed E-state index contributed by atoms with van der Waals surface area (Å²) in [6.45, 7) is 0. The van der Waals surface area contributed by atoms with E-state index in [1.807, 2.05) is 0 Å². The van der Waals surface area contributed by atoms with Crippen molar-refractivity contribution in [2.24, 2.45) is 29.4 Å². The van der Waals surface area contributed by atoms with Crippen molar-refractivity contribution in [2.75, 3.05) is 21.2 Å². The highest BCUT2D eigenvalue weighted by Gasteiger charge is 2.69. The van der Waals surface area contributed by atoms with Crippen molar-refractivity contribution in [1.29, 1.82) is 0 Å². The summed E-state index contributed by atoms with van der Waals surface area (Å²) in [5.41, 5.74) is 4.18. The summed E-state index contributed by atoms with van der Waals surface area (Å²) < 4.78 is 5.48. The zero-order chi connectivity index (χ0) is 29.3. The summed E-state index contributed by atoms with van der Waals surface area (Å²) in [6, 6.07) is 6.45. The van der Waals surface area contributed by atoms with Gasteiger partial charge in [0.15, 0.2) is 34.7 Å². The number of ketones is 4. The third-order valence-corrected chi connectivity index (χ3v) is 8.59. The van der Waals surface area contributed by atoms with Crippen LogP contribution in [-0.4, -0.2) is 83.3 Å². The molecule has 40 heavy (non-hydrogen) atoms. The average Bonchev–Trinajstić information content (AvgIpc) is 2.90. The molecule has 0 saturated heterocycles. The van der Waals surface area contributed by atoms with Crippen LogP contribution in [0.5, 0.6) is 11.5 Å². The number of rotatable bonds is 5. The van der Waals surface area contributed by atoms with Crippen LogP contribution in [0.25, 0.3) is 11.1 Å². The van der Waals surface area contributed by atoms with Crippen molar-refractivity contribution in [3.05, 3.63) is 47.0 Å². The van der Waals surface area contributed by atoms with Gasteiger partial charge in [-0.3, -0.25) is 33.7 Å². The number of aliphatic hydroxyl groups is 1. The summed E-state index contributed by atoms with van der Waals surface area (Å²) in [5, 5.41) is 22.4. The van der Waals surface area contributed by atoms with E-state index in [4.69, 9.17) is 10.5 Å². The van der Waals surface area contributed by atoms with Crippen molar-refractivity contribution >= 4 is 35.3 Å². The lowest BCUT2D eigenvalue weighted by atomic mass is 9.52. The number of hydrogen-bond acceptors (Lipinski definition) is 10. The van der Waals surface area contributed by atoms with Gasteiger partial charge in [0.2, 0.25) is 5.91 Å². The normalized spacial score (nSPS) is 29.5. The van der Waals surface area contributed by atoms with Crippen LogP contribution in [0.3, 0.4) is 0 Å². The van der Waals surface area contributed by atoms with E-state index in [2.05, 4.69) is 0 Å². The van der Waals surface area contributed by atoms with Crippen LogP contribution in [0.1, 0.15) is 32.7 Å². The number of aromatic hydroxyl groups is 1. The van der Waals surface area contributed by atoms with Crippen molar-refractivity contribution in [1.82, 2.24) is 4.90 Å². The number of carbonyl (C=O) groups is 6. The first-order valence-electron chi connectivity index (χ1n) is 12.7. The first-order chi connectivity index (χ1) is 18.9. The molecule has 2 fully saturated rings. The van der Waals surface area contributed by atoms with Gasteiger partial charge >= 0.3 is 0 Å². The Labute approximate surface area is 228 Å². The van der Waals surface area contributed by atoms with Gasteiger partial charge < -0.3 is 20.7 Å². The molecular formula is C29H28N2O9. The van der Waals surface area contributed by atoms with Gasteiger partial charge in [-0.25, -0.2) is 0 Å². The lowest BCUT2D eigenvalue weighted by Crippen LogP contribution is -2.74. The SMILES string of the molecule is COc1ccc(C=O)cc1-c1ccc(O)c2c1C[C@@H]1C[C@@H]3[C@@H](N(C)C)C(=O)C(C(N)=O)C(=O)[C@]3(O)C(=O)C1C2=O. The maximum Gasteiger partial charge on any atom is 0.235 e. The maximum atomic E-state index is 13.9. The van der Waals surface area contributed by atoms with Crippen LogP contribution in [0.15, 0.2) is 30.3 Å². The topological polar surface area (TPSA) is 181 Å². The number of benzene rings is 2. The smallest absolute Gasteiger partial charge is 0.235 e. The zero-order valence-corrected chi connectivity index (χ0v) is 22.0. The molecule has 0 spiro atoms. The molecule has 2 saturated carbocycles. The lowest BCUT2D eigenvalue weighted by Gasteiger charge is -2.52. The highest BCUT2D eigenvalue weighted by molar-refractivity contribution is 6.32. The Morgan fingerprint density at radius 3 is 2.40 bits per heavy atom. The van der Waals surface area contributed by atoms with Crippen LogP contribution < -0.4 is 10.5 Å². The minimum atomic E-state index is -2.79. The van der Waals surface area contributed by atoms with E-state index >= 15 is 0 Å². The highest BCUT2D eigenvalue weighted by atomic mass is 16.5. The van der Waals surface area contributed by atoms with Gasteiger partial charge in [0.25, 0.3) is 0 Å². The molecule has 2 aromatic rings. The molecule has 2 unspecified atom stereocenters. The molecule has 11 heteroatoms. The van der Waals surface area contributed by atoms with Gasteiger partial charge in [-0.15, -0.1) is 0 Å². The quantitative estimate of drug-likeness (QED) is 0.348. The highest BCUT2D eigenvalue weighted by Crippen LogP contribution is 2.52. The Bertz CT molecular complexity index is 1510. The van der Waals surface area contributed by atoms with E-state index < -0.39 is 64.4 Å². The van der Waals surface area contributed by atoms with Gasteiger partial charge in [0.05, 0.1) is 24.6 Å². The van der Waals surface area contributed by atoms with E-state index in [1.165, 1.54) is 32.2 Å². The second-order valence-electron chi connectivity index (χ2n) is 10.9. The number of methoxy groups -OCH3 is 1. The molecule has 3 aliphatic rings. The monoisotopic (exact) mass is 548 g/mol. The van der Waals surface area contributed by atoms with Gasteiger partial charge in [0, 0.05) is 17.0 Å². The van der Waals surface area contributed by atoms with Crippen molar-refractivity contribution in [3.8, 4) is 22.6 Å². The summed E-state index contributed by atoms with van der Waals surface area (Å²) in [4.78, 5) is 79.4. The Morgan fingerprint density at radius 1 is 1.10 bits per heavy atom. The minimum Gasteiger partial charge on any atom is -0.507 e. The first-order valence-corrected chi connectivity index (χ1v) is 12.7. The van der Waals surface area contributed by atoms with Crippen molar-refractivity contribution in [2.45, 2.75) is 24.5 Å². The molecular weight excluding hydrogens is 520 g/mol. The number of amides is 1. The van der Waals surface area contributed by atoms with E-state index in [1.54, 1.807) is 24.3 Å². The van der Waals surface area contributed by atoms with Crippen molar-refractivity contribution in [3.63, 3.8) is 0 Å². The number of carbonyl (C=O) groups excluding carboxylic acids is 6. The molecule has 1 amide bonds. The number of ether oxygens (including phenoxy) is 1. The Kier molecular flexibility index (Phi) is 6.47. The van der Waals surface area contributed by atoms with Crippen LogP contribution in [0.2, 0.25) is 0 Å². The fourth-order valence-electron chi connectivity index (χ4n) is 6.87. The maximum absolute atomic E-state index is 13.9. The van der Waals surface area contributed by atoms with Gasteiger partial charge in [-0.2, -0.15) is 0 Å². The first kappa shape index (κ1) is 27.4. The van der Waals surface area contributed by atoms with Gasteiger partial charge in [-0.1, -0.05) is 6.07 Å². The second kappa shape index (κ2) is 9.46. The molecule has 5 rings (SSSR count). The number of hydrogen-bond donors (Lipinski definition) is 3. The number of phenolic OH excluding ortho intramolecular Hbond substituents is 1. The second-order valence-corrected chi connectivity index (χ2v) is 10.9. The number of nitrogens with zero attached hydrogens (tertiary/aromatic N) is 1. The molecule has 6 atom stereocenters. The Balaban J connectivity index is 1.68. The van der Waals surface area contributed by atoms with E-state index in [0.717, 1.165) is 0 Å². The summed E-state index contributed by atoms with van der Waals surface area (Å²) in [5.74, 6) is -10.7. The molecule has 0 bridgehead atoms. The largest absolute Gasteiger partial charge is 0.507 e. The zero-order valence-electron chi connectivity index (χ0n) is 22.0. The number of aldehydes is 1. The lowest BCUT2D eigenvalue weighted by molar-refractivity contribution is -0.181. The summed E-state index contributed by atoms with van der Waals surface area (Å²) in [6.07, 6.45) is 0.685.